The molecule has 0 bridgehead atoms. The molecule has 0 unspecified atom stereocenters. The first kappa shape index (κ1) is 16.8. The molecule has 0 aliphatic heterocycles. The molecule has 128 valence electrons. The van der Waals surface area contributed by atoms with Crippen molar-refractivity contribution in [1.29, 1.82) is 0 Å². The molecule has 2 aromatic heterocycles. The van der Waals surface area contributed by atoms with Gasteiger partial charge in [-0.2, -0.15) is 5.10 Å². The van der Waals surface area contributed by atoms with Crippen LogP contribution < -0.4 is 5.32 Å². The Labute approximate surface area is 148 Å². The summed E-state index contributed by atoms with van der Waals surface area (Å²) >= 11 is 5.99. The average Bonchev–Trinajstić information content (AvgIpc) is 3.25. The van der Waals surface area contributed by atoms with Gasteiger partial charge >= 0.3 is 5.97 Å². The first-order valence-electron chi connectivity index (χ1n) is 7.36. The van der Waals surface area contributed by atoms with E-state index in [1.54, 1.807) is 22.4 Å². The first-order valence-corrected chi connectivity index (χ1v) is 7.73. The van der Waals surface area contributed by atoms with Crippen LogP contribution in [-0.4, -0.2) is 33.3 Å². The summed E-state index contributed by atoms with van der Waals surface area (Å²) < 4.78 is 8.08. The molecular weight excluding hydrogens is 344 g/mol. The molecule has 1 N–H and O–H groups in total. The second-order valence-electron chi connectivity index (χ2n) is 5.24. The molecule has 25 heavy (non-hydrogen) atoms. The zero-order chi connectivity index (χ0) is 18.0. The summed E-state index contributed by atoms with van der Waals surface area (Å²) in [6, 6.07) is 8.32. The molecule has 8 heteroatoms. The Balaban J connectivity index is 1.91. The van der Waals surface area contributed by atoms with Crippen molar-refractivity contribution >= 4 is 29.2 Å². The van der Waals surface area contributed by atoms with E-state index in [1.807, 2.05) is 24.5 Å². The number of carbonyl (C=O) groups is 2. The summed E-state index contributed by atoms with van der Waals surface area (Å²) in [7, 11) is 3.02. The maximum absolute atomic E-state index is 12.7. The largest absolute Gasteiger partial charge is 0.465 e. The molecule has 3 aromatic rings. The second kappa shape index (κ2) is 6.82. The normalized spacial score (nSPS) is 10.5. The number of ether oxygens (including phenoxy) is 1. The summed E-state index contributed by atoms with van der Waals surface area (Å²) in [6.45, 7) is 0. The lowest BCUT2D eigenvalue weighted by Crippen LogP contribution is -2.15. The number of nitrogens with zero attached hydrogens (tertiary/aromatic N) is 3. The van der Waals surface area contributed by atoms with Gasteiger partial charge in [-0.1, -0.05) is 11.6 Å². The molecule has 0 fully saturated rings. The third kappa shape index (κ3) is 3.27. The van der Waals surface area contributed by atoms with Crippen molar-refractivity contribution in [1.82, 2.24) is 14.3 Å². The van der Waals surface area contributed by atoms with Crippen LogP contribution in [0.4, 0.5) is 5.69 Å². The van der Waals surface area contributed by atoms with Gasteiger partial charge in [0.1, 0.15) is 11.4 Å². The zero-order valence-electron chi connectivity index (χ0n) is 13.6. The molecule has 0 aliphatic rings. The van der Waals surface area contributed by atoms with E-state index >= 15 is 0 Å². The van der Waals surface area contributed by atoms with E-state index in [4.69, 9.17) is 11.6 Å². The number of hydrogen-bond acceptors (Lipinski definition) is 4. The second-order valence-corrected chi connectivity index (χ2v) is 5.64. The van der Waals surface area contributed by atoms with E-state index in [1.165, 1.54) is 25.4 Å². The van der Waals surface area contributed by atoms with Gasteiger partial charge < -0.3 is 14.6 Å². The van der Waals surface area contributed by atoms with Crippen molar-refractivity contribution < 1.29 is 14.3 Å². The monoisotopic (exact) mass is 358 g/mol. The van der Waals surface area contributed by atoms with E-state index in [0.717, 1.165) is 0 Å². The van der Waals surface area contributed by atoms with Crippen molar-refractivity contribution in [2.75, 3.05) is 12.4 Å². The van der Waals surface area contributed by atoms with Gasteiger partial charge in [0.15, 0.2) is 0 Å². The number of aromatic nitrogens is 3. The molecule has 0 saturated carbocycles. The fourth-order valence-corrected chi connectivity index (χ4v) is 2.64. The van der Waals surface area contributed by atoms with Crippen molar-refractivity contribution in [3.05, 3.63) is 65.1 Å². The van der Waals surface area contributed by atoms with E-state index in [0.29, 0.717) is 17.1 Å². The Bertz CT molecular complexity index is 932. The number of anilines is 1. The average molecular weight is 359 g/mol. The molecule has 2 heterocycles. The van der Waals surface area contributed by atoms with Crippen molar-refractivity contribution in [3.8, 4) is 5.82 Å². The zero-order valence-corrected chi connectivity index (χ0v) is 14.3. The van der Waals surface area contributed by atoms with Gasteiger partial charge in [-0.05, 0) is 30.3 Å². The quantitative estimate of drug-likeness (QED) is 0.727. The molecule has 0 radical (unpaired) electrons. The lowest BCUT2D eigenvalue weighted by Gasteiger charge is -2.10. The maximum Gasteiger partial charge on any atom is 0.339 e. The SMILES string of the molecule is COC(=O)c1cc(NC(=O)c2cnn(C)c2-n2cccc2)ccc1Cl. The molecular formula is C17H15ClN4O3. The van der Waals surface area contributed by atoms with Crippen LogP contribution in [0.25, 0.3) is 5.82 Å². The Morgan fingerprint density at radius 3 is 2.60 bits per heavy atom. The summed E-state index contributed by atoms with van der Waals surface area (Å²) in [4.78, 5) is 24.4. The van der Waals surface area contributed by atoms with Gasteiger partial charge in [0.25, 0.3) is 5.91 Å². The number of halogens is 1. The van der Waals surface area contributed by atoms with Crippen LogP contribution in [0.5, 0.6) is 0 Å². The van der Waals surface area contributed by atoms with Crippen LogP contribution in [0.15, 0.2) is 48.9 Å². The minimum Gasteiger partial charge on any atom is -0.465 e. The molecule has 3 rings (SSSR count). The fourth-order valence-electron chi connectivity index (χ4n) is 2.44. The van der Waals surface area contributed by atoms with Gasteiger partial charge in [-0.25, -0.2) is 4.79 Å². The highest BCUT2D eigenvalue weighted by molar-refractivity contribution is 6.33. The van der Waals surface area contributed by atoms with E-state index in [2.05, 4.69) is 15.2 Å². The predicted octanol–water partition coefficient (Wildman–Crippen LogP) is 2.90. The molecule has 0 aliphatic carbocycles. The first-order chi connectivity index (χ1) is 12.0. The standard InChI is InChI=1S/C17H15ClN4O3/c1-21-16(22-7-3-4-8-22)13(10-19-21)15(23)20-11-5-6-14(18)12(9-11)17(24)25-2/h3-10H,1-2H3,(H,20,23). The maximum atomic E-state index is 12.7. The van der Waals surface area contributed by atoms with E-state index < -0.39 is 5.97 Å². The highest BCUT2D eigenvalue weighted by Gasteiger charge is 2.18. The number of aryl methyl sites for hydroxylation is 1. The smallest absolute Gasteiger partial charge is 0.339 e. The summed E-state index contributed by atoms with van der Waals surface area (Å²) in [5.41, 5.74) is 1.00. The molecule has 0 spiro atoms. The van der Waals surface area contributed by atoms with Crippen molar-refractivity contribution in [2.24, 2.45) is 7.05 Å². The summed E-state index contributed by atoms with van der Waals surface area (Å²) in [6.07, 6.45) is 5.14. The lowest BCUT2D eigenvalue weighted by atomic mass is 10.2. The highest BCUT2D eigenvalue weighted by Crippen LogP contribution is 2.23. The summed E-state index contributed by atoms with van der Waals surface area (Å²) in [5, 5.41) is 7.15. The number of amides is 1. The Morgan fingerprint density at radius 2 is 1.92 bits per heavy atom. The number of nitrogens with one attached hydrogen (secondary N) is 1. The molecule has 7 nitrogen and oxygen atoms in total. The number of rotatable bonds is 4. The van der Waals surface area contributed by atoms with E-state index in [-0.39, 0.29) is 16.5 Å². The van der Waals surface area contributed by atoms with Crippen molar-refractivity contribution in [2.45, 2.75) is 0 Å². The van der Waals surface area contributed by atoms with Crippen LogP contribution in [0, 0.1) is 0 Å². The number of benzene rings is 1. The molecule has 1 amide bonds. The van der Waals surface area contributed by atoms with Crippen LogP contribution >= 0.6 is 11.6 Å². The lowest BCUT2D eigenvalue weighted by molar-refractivity contribution is 0.0600. The van der Waals surface area contributed by atoms with Gasteiger partial charge in [0, 0.05) is 25.1 Å². The molecule has 0 saturated heterocycles. The number of carbonyl (C=O) groups excluding carboxylic acids is 2. The van der Waals surface area contributed by atoms with Gasteiger partial charge in [-0.3, -0.25) is 9.48 Å². The number of hydrogen-bond donors (Lipinski definition) is 1. The number of methoxy groups -OCH3 is 1. The highest BCUT2D eigenvalue weighted by atomic mass is 35.5. The minimum atomic E-state index is -0.574. The van der Waals surface area contributed by atoms with Crippen molar-refractivity contribution in [3.63, 3.8) is 0 Å². The Hall–Kier alpha value is -3.06. The molecule has 0 atom stereocenters. The van der Waals surface area contributed by atoms with Gasteiger partial charge in [0.2, 0.25) is 0 Å². The van der Waals surface area contributed by atoms with Crippen LogP contribution in [0.1, 0.15) is 20.7 Å². The predicted molar refractivity (Wildman–Crippen MR) is 93.3 cm³/mol. The van der Waals surface area contributed by atoms with E-state index in [9.17, 15) is 9.59 Å². The Morgan fingerprint density at radius 1 is 1.20 bits per heavy atom. The summed E-state index contributed by atoms with van der Waals surface area (Å²) in [5.74, 6) is -0.296. The van der Waals surface area contributed by atoms with Crippen LogP contribution in [-0.2, 0) is 11.8 Å². The number of esters is 1. The minimum absolute atomic E-state index is 0.179. The third-order valence-corrected chi connectivity index (χ3v) is 3.96. The fraction of sp³-hybridized carbons (Fsp3) is 0.118. The van der Waals surface area contributed by atoms with Crippen LogP contribution in [0.3, 0.4) is 0 Å². The van der Waals surface area contributed by atoms with Crippen LogP contribution in [0.2, 0.25) is 5.02 Å². The third-order valence-electron chi connectivity index (χ3n) is 3.63. The topological polar surface area (TPSA) is 78.2 Å². The Kier molecular flexibility index (Phi) is 4.58. The van der Waals surface area contributed by atoms with Gasteiger partial charge in [0.05, 0.1) is 23.9 Å². The van der Waals surface area contributed by atoms with Gasteiger partial charge in [-0.15, -0.1) is 0 Å². The molecule has 1 aromatic carbocycles.